The van der Waals surface area contributed by atoms with Gasteiger partial charge in [0.15, 0.2) is 0 Å². The van der Waals surface area contributed by atoms with Crippen LogP contribution in [0.15, 0.2) is 39.5 Å². The first kappa shape index (κ1) is 16.1. The van der Waals surface area contributed by atoms with Crippen LogP contribution in [-0.2, 0) is 11.3 Å². The van der Waals surface area contributed by atoms with Crippen LogP contribution in [0.2, 0.25) is 0 Å². The Morgan fingerprint density at radius 2 is 2.10 bits per heavy atom. The van der Waals surface area contributed by atoms with Crippen LogP contribution in [0.3, 0.4) is 0 Å². The molecule has 2 rings (SSSR count). The molecule has 0 unspecified atom stereocenters. The van der Waals surface area contributed by atoms with Crippen molar-refractivity contribution in [2.75, 3.05) is 18.9 Å². The fraction of sp³-hybridized carbons (Fsp3) is 0.267. The summed E-state index contributed by atoms with van der Waals surface area (Å²) >= 11 is 5.09. The topological polar surface area (TPSA) is 32.3 Å². The summed E-state index contributed by atoms with van der Waals surface area (Å²) in [5.41, 5.74) is 1.85. The van der Waals surface area contributed by atoms with E-state index >= 15 is 0 Å². The molecular weight excluding hydrogens is 355 g/mol. The molecule has 0 bridgehead atoms. The fourth-order valence-electron chi connectivity index (χ4n) is 1.87. The average molecular weight is 371 g/mol. The van der Waals surface area contributed by atoms with Gasteiger partial charge < -0.3 is 10.2 Å². The molecule has 1 amide bonds. The van der Waals surface area contributed by atoms with Crippen molar-refractivity contribution >= 4 is 38.9 Å². The molecule has 2 aromatic rings. The minimum absolute atomic E-state index is 0.0695. The van der Waals surface area contributed by atoms with Crippen LogP contribution in [0.1, 0.15) is 12.0 Å². The number of halogens is 2. The van der Waals surface area contributed by atoms with Crippen molar-refractivity contribution < 1.29 is 9.18 Å². The predicted octanol–water partition coefficient (Wildman–Crippen LogP) is 4.11. The molecule has 0 aliphatic carbocycles. The summed E-state index contributed by atoms with van der Waals surface area (Å²) in [6.45, 7) is 1.48. The van der Waals surface area contributed by atoms with Crippen LogP contribution >= 0.6 is 27.3 Å². The molecule has 0 saturated carbocycles. The van der Waals surface area contributed by atoms with Gasteiger partial charge in [-0.1, -0.05) is 0 Å². The minimum atomic E-state index is -0.311. The number of nitrogens with one attached hydrogen (secondary N) is 1. The lowest BCUT2D eigenvalue weighted by Crippen LogP contribution is -2.23. The minimum Gasteiger partial charge on any atom is -0.326 e. The Morgan fingerprint density at radius 3 is 2.71 bits per heavy atom. The summed E-state index contributed by atoms with van der Waals surface area (Å²) in [5.74, 6) is -0.380. The molecule has 0 spiro atoms. The molecule has 6 heteroatoms. The van der Waals surface area contributed by atoms with Crippen LogP contribution in [0, 0.1) is 5.82 Å². The Hall–Kier alpha value is -1.24. The standard InChI is InChI=1S/C15H16BrFN2OS/c1-19(9-11-8-14(16)21-10-11)7-6-15(20)18-13-4-2-12(17)3-5-13/h2-5,8,10H,6-7,9H2,1H3,(H,18,20). The van der Waals surface area contributed by atoms with Crippen LogP contribution in [0.25, 0.3) is 0 Å². The second kappa shape index (κ2) is 7.68. The van der Waals surface area contributed by atoms with E-state index in [1.165, 1.54) is 17.7 Å². The molecule has 0 radical (unpaired) electrons. The lowest BCUT2D eigenvalue weighted by molar-refractivity contribution is -0.116. The summed E-state index contributed by atoms with van der Waals surface area (Å²) in [6, 6.07) is 7.85. The molecule has 1 heterocycles. The maximum atomic E-state index is 12.8. The number of hydrogen-bond donors (Lipinski definition) is 1. The lowest BCUT2D eigenvalue weighted by atomic mass is 10.3. The highest BCUT2D eigenvalue weighted by Gasteiger charge is 2.07. The molecule has 1 aromatic heterocycles. The summed E-state index contributed by atoms with van der Waals surface area (Å²) in [7, 11) is 1.98. The van der Waals surface area contributed by atoms with E-state index in [0.29, 0.717) is 18.7 Å². The van der Waals surface area contributed by atoms with Crippen molar-refractivity contribution in [1.82, 2.24) is 4.90 Å². The molecule has 0 saturated heterocycles. The quantitative estimate of drug-likeness (QED) is 0.829. The maximum Gasteiger partial charge on any atom is 0.225 e. The number of rotatable bonds is 6. The number of amides is 1. The molecule has 1 N–H and O–H groups in total. The number of hydrogen-bond acceptors (Lipinski definition) is 3. The second-order valence-corrected chi connectivity index (χ2v) is 7.09. The van der Waals surface area contributed by atoms with Gasteiger partial charge in [0.25, 0.3) is 0 Å². The highest BCUT2D eigenvalue weighted by molar-refractivity contribution is 9.11. The van der Waals surface area contributed by atoms with E-state index in [9.17, 15) is 9.18 Å². The SMILES string of the molecule is CN(CCC(=O)Nc1ccc(F)cc1)Cc1csc(Br)c1. The number of carbonyl (C=O) groups is 1. The summed E-state index contributed by atoms with van der Waals surface area (Å²) in [6.07, 6.45) is 0.402. The maximum absolute atomic E-state index is 12.8. The molecule has 0 atom stereocenters. The van der Waals surface area contributed by atoms with Crippen LogP contribution in [-0.4, -0.2) is 24.4 Å². The molecular formula is C15H16BrFN2OS. The number of benzene rings is 1. The van der Waals surface area contributed by atoms with Gasteiger partial charge in [-0.05, 0) is 64.3 Å². The van der Waals surface area contributed by atoms with Crippen molar-refractivity contribution in [3.63, 3.8) is 0 Å². The van der Waals surface area contributed by atoms with Crippen molar-refractivity contribution in [2.24, 2.45) is 0 Å². The zero-order chi connectivity index (χ0) is 15.2. The highest BCUT2D eigenvalue weighted by atomic mass is 79.9. The van der Waals surface area contributed by atoms with E-state index in [1.807, 2.05) is 7.05 Å². The van der Waals surface area contributed by atoms with Gasteiger partial charge in [0.05, 0.1) is 3.79 Å². The Balaban J connectivity index is 1.74. The van der Waals surface area contributed by atoms with E-state index in [4.69, 9.17) is 0 Å². The molecule has 0 aliphatic rings. The van der Waals surface area contributed by atoms with Gasteiger partial charge in [0.1, 0.15) is 5.82 Å². The van der Waals surface area contributed by atoms with Gasteiger partial charge in [0, 0.05) is 25.2 Å². The normalized spacial score (nSPS) is 10.9. The van der Waals surface area contributed by atoms with E-state index in [-0.39, 0.29) is 11.7 Å². The van der Waals surface area contributed by atoms with Crippen LogP contribution < -0.4 is 5.32 Å². The summed E-state index contributed by atoms with van der Waals surface area (Å²) in [5, 5.41) is 4.85. The number of thiophene rings is 1. The van der Waals surface area contributed by atoms with Crippen molar-refractivity contribution in [1.29, 1.82) is 0 Å². The monoisotopic (exact) mass is 370 g/mol. The fourth-order valence-corrected chi connectivity index (χ4v) is 3.07. The zero-order valence-electron chi connectivity index (χ0n) is 11.6. The van der Waals surface area contributed by atoms with Crippen molar-refractivity contribution in [3.05, 3.63) is 50.9 Å². The third kappa shape index (κ3) is 5.57. The highest BCUT2D eigenvalue weighted by Crippen LogP contribution is 2.21. The second-order valence-electron chi connectivity index (χ2n) is 4.80. The van der Waals surface area contributed by atoms with E-state index in [2.05, 4.69) is 37.6 Å². The smallest absolute Gasteiger partial charge is 0.225 e. The first-order valence-electron chi connectivity index (χ1n) is 6.50. The van der Waals surface area contributed by atoms with Gasteiger partial charge in [-0.2, -0.15) is 0 Å². The molecule has 1 aromatic carbocycles. The number of nitrogens with zero attached hydrogens (tertiary/aromatic N) is 1. The van der Waals surface area contributed by atoms with E-state index < -0.39 is 0 Å². The Kier molecular flexibility index (Phi) is 5.90. The largest absolute Gasteiger partial charge is 0.326 e. The first-order valence-corrected chi connectivity index (χ1v) is 8.17. The van der Waals surface area contributed by atoms with Gasteiger partial charge in [-0.3, -0.25) is 4.79 Å². The number of anilines is 1. The average Bonchev–Trinajstić information content (AvgIpc) is 2.84. The molecule has 21 heavy (non-hydrogen) atoms. The third-order valence-corrected chi connectivity index (χ3v) is 4.48. The third-order valence-electron chi connectivity index (χ3n) is 2.92. The summed E-state index contributed by atoms with van der Waals surface area (Å²) in [4.78, 5) is 13.9. The zero-order valence-corrected chi connectivity index (χ0v) is 14.0. The van der Waals surface area contributed by atoms with Gasteiger partial charge in [-0.15, -0.1) is 11.3 Å². The molecule has 3 nitrogen and oxygen atoms in total. The predicted molar refractivity (Wildman–Crippen MR) is 88.0 cm³/mol. The van der Waals surface area contributed by atoms with Gasteiger partial charge in [0.2, 0.25) is 5.91 Å². The van der Waals surface area contributed by atoms with Crippen molar-refractivity contribution in [2.45, 2.75) is 13.0 Å². The molecule has 0 aliphatic heterocycles. The Labute approximate surface area is 135 Å². The van der Waals surface area contributed by atoms with Crippen molar-refractivity contribution in [3.8, 4) is 0 Å². The van der Waals surface area contributed by atoms with Crippen LogP contribution in [0.5, 0.6) is 0 Å². The number of carbonyl (C=O) groups excluding carboxylic acids is 1. The Morgan fingerprint density at radius 1 is 1.38 bits per heavy atom. The lowest BCUT2D eigenvalue weighted by Gasteiger charge is -2.15. The van der Waals surface area contributed by atoms with Crippen LogP contribution in [0.4, 0.5) is 10.1 Å². The van der Waals surface area contributed by atoms with Gasteiger partial charge >= 0.3 is 0 Å². The van der Waals surface area contributed by atoms with Gasteiger partial charge in [-0.25, -0.2) is 4.39 Å². The van der Waals surface area contributed by atoms with E-state index in [0.717, 1.165) is 10.3 Å². The molecule has 112 valence electrons. The Bertz CT molecular complexity index is 600. The summed E-state index contributed by atoms with van der Waals surface area (Å²) < 4.78 is 13.9. The first-order chi connectivity index (χ1) is 10.0. The van der Waals surface area contributed by atoms with E-state index in [1.54, 1.807) is 23.5 Å². The molecule has 0 fully saturated rings.